The molecule has 1 saturated heterocycles. The second kappa shape index (κ2) is 8.38. The van der Waals surface area contributed by atoms with E-state index >= 15 is 0 Å². The molecule has 0 aliphatic carbocycles. The molecule has 0 spiro atoms. The van der Waals surface area contributed by atoms with Gasteiger partial charge in [0.25, 0.3) is 11.1 Å². The van der Waals surface area contributed by atoms with Gasteiger partial charge in [0, 0.05) is 30.5 Å². The summed E-state index contributed by atoms with van der Waals surface area (Å²) < 4.78 is 2.20. The fourth-order valence-electron chi connectivity index (χ4n) is 4.46. The maximum Gasteiger partial charge on any atom is 0.294 e. The van der Waals surface area contributed by atoms with Gasteiger partial charge in [-0.25, -0.2) is 0 Å². The van der Waals surface area contributed by atoms with Crippen molar-refractivity contribution in [2.24, 2.45) is 0 Å². The zero-order valence-electron chi connectivity index (χ0n) is 18.3. The summed E-state index contributed by atoms with van der Waals surface area (Å²) in [5.41, 5.74) is 5.47. The minimum absolute atomic E-state index is 0.198. The molecule has 2 aliphatic heterocycles. The number of carbonyl (C=O) groups is 3. The van der Waals surface area contributed by atoms with Crippen LogP contribution in [-0.2, 0) is 22.6 Å². The number of fused-ring (bicyclic) bond motifs is 1. The molecule has 6 nitrogen and oxygen atoms in total. The van der Waals surface area contributed by atoms with Crippen molar-refractivity contribution in [2.45, 2.75) is 46.7 Å². The molecule has 1 fully saturated rings. The molecule has 0 bridgehead atoms. The lowest BCUT2D eigenvalue weighted by Crippen LogP contribution is -2.44. The Morgan fingerprint density at radius 2 is 1.87 bits per heavy atom. The van der Waals surface area contributed by atoms with Crippen LogP contribution in [0, 0.1) is 13.8 Å². The van der Waals surface area contributed by atoms with Crippen molar-refractivity contribution in [1.29, 1.82) is 0 Å². The largest absolute Gasteiger partial charge is 0.346 e. The molecule has 0 unspecified atom stereocenters. The van der Waals surface area contributed by atoms with E-state index in [0.717, 1.165) is 45.6 Å². The van der Waals surface area contributed by atoms with Crippen LogP contribution in [0.15, 0.2) is 35.2 Å². The van der Waals surface area contributed by atoms with Crippen LogP contribution in [0.1, 0.15) is 48.0 Å². The van der Waals surface area contributed by atoms with Crippen molar-refractivity contribution in [3.63, 3.8) is 0 Å². The molecule has 31 heavy (non-hydrogen) atoms. The number of carbonyl (C=O) groups excluding carboxylic acids is 3. The average molecular weight is 438 g/mol. The van der Waals surface area contributed by atoms with Gasteiger partial charge >= 0.3 is 0 Å². The zero-order chi connectivity index (χ0) is 22.3. The highest BCUT2D eigenvalue weighted by Crippen LogP contribution is 2.34. The van der Waals surface area contributed by atoms with E-state index in [-0.39, 0.29) is 17.7 Å². The van der Waals surface area contributed by atoms with E-state index in [9.17, 15) is 14.4 Å². The molecule has 0 saturated carbocycles. The molecular weight excluding hydrogens is 410 g/mol. The SMILES string of the molecule is Cc1cc(C=C2SC(=O)N(CC(=O)N3CCc4ccccc4C3)C2=O)c(C)n1C(C)C. The number of thioether (sulfide) groups is 1. The molecule has 7 heteroatoms. The Kier molecular flexibility index (Phi) is 5.79. The van der Waals surface area contributed by atoms with Crippen molar-refractivity contribution in [3.05, 3.63) is 63.3 Å². The molecule has 3 heterocycles. The summed E-state index contributed by atoms with van der Waals surface area (Å²) in [4.78, 5) is 41.4. The van der Waals surface area contributed by atoms with Crippen LogP contribution < -0.4 is 0 Å². The molecule has 0 radical (unpaired) electrons. The van der Waals surface area contributed by atoms with Gasteiger partial charge in [-0.15, -0.1) is 0 Å². The number of aryl methyl sites for hydroxylation is 1. The Balaban J connectivity index is 1.49. The standard InChI is InChI=1S/C24H27N3O3S/c1-15(2)27-16(3)11-20(17(27)4)12-21-23(29)26(24(30)31-21)14-22(28)25-10-9-18-7-5-6-8-19(18)13-25/h5-8,11-12,15H,9-10,13-14H2,1-4H3. The van der Waals surface area contributed by atoms with Crippen molar-refractivity contribution < 1.29 is 14.4 Å². The molecule has 0 atom stereocenters. The summed E-state index contributed by atoms with van der Waals surface area (Å²) in [5.74, 6) is -0.592. The number of imide groups is 1. The van der Waals surface area contributed by atoms with Crippen LogP contribution in [0.2, 0.25) is 0 Å². The van der Waals surface area contributed by atoms with Gasteiger partial charge in [0.1, 0.15) is 6.54 Å². The van der Waals surface area contributed by atoms with Crippen LogP contribution in [0.5, 0.6) is 0 Å². The Morgan fingerprint density at radius 3 is 2.55 bits per heavy atom. The first kappa shape index (κ1) is 21.4. The molecule has 4 rings (SSSR count). The van der Waals surface area contributed by atoms with Crippen molar-refractivity contribution in [2.75, 3.05) is 13.1 Å². The maximum atomic E-state index is 12.9. The zero-order valence-corrected chi connectivity index (χ0v) is 19.2. The number of rotatable bonds is 4. The third-order valence-electron chi connectivity index (χ3n) is 5.98. The highest BCUT2D eigenvalue weighted by molar-refractivity contribution is 8.18. The molecule has 2 aliphatic rings. The first-order valence-electron chi connectivity index (χ1n) is 10.5. The van der Waals surface area contributed by atoms with Gasteiger partial charge in [0.2, 0.25) is 5.91 Å². The molecule has 1 aromatic heterocycles. The summed E-state index contributed by atoms with van der Waals surface area (Å²) in [6.07, 6.45) is 2.56. The lowest BCUT2D eigenvalue weighted by atomic mass is 10.00. The van der Waals surface area contributed by atoms with Gasteiger partial charge in [-0.05, 0) is 74.7 Å². The van der Waals surface area contributed by atoms with Gasteiger partial charge < -0.3 is 9.47 Å². The first-order valence-corrected chi connectivity index (χ1v) is 11.4. The number of amides is 3. The van der Waals surface area contributed by atoms with Gasteiger partial charge in [-0.2, -0.15) is 0 Å². The molecular formula is C24H27N3O3S. The number of nitrogens with zero attached hydrogens (tertiary/aromatic N) is 3. The van der Waals surface area contributed by atoms with Crippen LogP contribution in [0.4, 0.5) is 4.79 Å². The van der Waals surface area contributed by atoms with Crippen LogP contribution in [0.3, 0.4) is 0 Å². The lowest BCUT2D eigenvalue weighted by molar-refractivity contribution is -0.136. The minimum Gasteiger partial charge on any atom is -0.346 e. The number of hydrogen-bond acceptors (Lipinski definition) is 4. The van der Waals surface area contributed by atoms with E-state index in [1.807, 2.05) is 38.1 Å². The highest BCUT2D eigenvalue weighted by atomic mass is 32.2. The van der Waals surface area contributed by atoms with E-state index in [1.165, 1.54) is 5.56 Å². The summed E-state index contributed by atoms with van der Waals surface area (Å²) >= 11 is 0.905. The third-order valence-corrected chi connectivity index (χ3v) is 6.88. The second-order valence-electron chi connectivity index (χ2n) is 8.39. The Bertz CT molecular complexity index is 1100. The summed E-state index contributed by atoms with van der Waals surface area (Å²) in [5, 5.41) is -0.389. The van der Waals surface area contributed by atoms with E-state index in [1.54, 1.807) is 11.0 Å². The fraction of sp³-hybridized carbons (Fsp3) is 0.375. The third kappa shape index (κ3) is 4.06. The number of benzene rings is 1. The smallest absolute Gasteiger partial charge is 0.294 e. The first-order chi connectivity index (χ1) is 14.8. The fourth-order valence-corrected chi connectivity index (χ4v) is 5.29. The predicted molar refractivity (Wildman–Crippen MR) is 123 cm³/mol. The quantitative estimate of drug-likeness (QED) is 0.669. The average Bonchev–Trinajstić information content (AvgIpc) is 3.16. The Labute approximate surface area is 186 Å². The van der Waals surface area contributed by atoms with Crippen LogP contribution in [-0.4, -0.2) is 44.5 Å². The molecule has 0 N–H and O–H groups in total. The van der Waals surface area contributed by atoms with E-state index in [4.69, 9.17) is 0 Å². The normalized spacial score (nSPS) is 17.8. The van der Waals surface area contributed by atoms with Crippen LogP contribution >= 0.6 is 11.8 Å². The van der Waals surface area contributed by atoms with Gasteiger partial charge in [-0.3, -0.25) is 19.3 Å². The molecule has 2 aromatic rings. The molecule has 162 valence electrons. The van der Waals surface area contributed by atoms with E-state index < -0.39 is 5.91 Å². The molecule has 3 amide bonds. The van der Waals surface area contributed by atoms with Gasteiger partial charge in [0.05, 0.1) is 4.91 Å². The van der Waals surface area contributed by atoms with Crippen LogP contribution in [0.25, 0.3) is 6.08 Å². The monoisotopic (exact) mass is 437 g/mol. The van der Waals surface area contributed by atoms with Gasteiger partial charge in [-0.1, -0.05) is 24.3 Å². The topological polar surface area (TPSA) is 62.6 Å². The second-order valence-corrected chi connectivity index (χ2v) is 9.39. The minimum atomic E-state index is -0.393. The molecule has 1 aromatic carbocycles. The number of aromatic nitrogens is 1. The summed E-state index contributed by atoms with van der Waals surface area (Å²) in [7, 11) is 0. The maximum absolute atomic E-state index is 12.9. The summed E-state index contributed by atoms with van der Waals surface area (Å²) in [6, 6.07) is 10.4. The lowest BCUT2D eigenvalue weighted by Gasteiger charge is -2.29. The Morgan fingerprint density at radius 1 is 1.16 bits per heavy atom. The highest BCUT2D eigenvalue weighted by Gasteiger charge is 2.37. The van der Waals surface area contributed by atoms with Gasteiger partial charge in [0.15, 0.2) is 0 Å². The predicted octanol–water partition coefficient (Wildman–Crippen LogP) is 4.31. The van der Waals surface area contributed by atoms with Crippen molar-refractivity contribution >= 4 is 34.9 Å². The van der Waals surface area contributed by atoms with Crippen molar-refractivity contribution in [3.8, 4) is 0 Å². The van der Waals surface area contributed by atoms with E-state index in [0.29, 0.717) is 24.0 Å². The summed E-state index contributed by atoms with van der Waals surface area (Å²) in [6.45, 7) is 9.18. The van der Waals surface area contributed by atoms with Crippen molar-refractivity contribution in [1.82, 2.24) is 14.4 Å². The number of hydrogen-bond donors (Lipinski definition) is 0. The van der Waals surface area contributed by atoms with E-state index in [2.05, 4.69) is 24.5 Å². The Hall–Kier alpha value is -2.80.